The molecule has 1 aromatic carbocycles. The molecule has 1 aliphatic rings. The van der Waals surface area contributed by atoms with E-state index in [0.29, 0.717) is 18.7 Å². The monoisotopic (exact) mass is 233 g/mol. The number of rotatable bonds is 3. The summed E-state index contributed by atoms with van der Waals surface area (Å²) in [5.74, 6) is -2.43. The fraction of sp³-hybridized carbons (Fsp3) is 0.385. The van der Waals surface area contributed by atoms with Crippen molar-refractivity contribution in [3.8, 4) is 0 Å². The van der Waals surface area contributed by atoms with Crippen LogP contribution in [-0.4, -0.2) is 35.0 Å². The molecular weight excluding hydrogens is 218 g/mol. The molecule has 0 bridgehead atoms. The van der Waals surface area contributed by atoms with Gasteiger partial charge in [-0.15, -0.1) is 0 Å². The van der Waals surface area contributed by atoms with Gasteiger partial charge in [0.25, 0.3) is 0 Å². The summed E-state index contributed by atoms with van der Waals surface area (Å²) >= 11 is 0. The number of amides is 1. The smallest absolute Gasteiger partial charge is 0.320 e. The second-order valence-corrected chi connectivity index (χ2v) is 4.21. The molecule has 0 unspecified atom stereocenters. The Hall–Kier alpha value is -1.84. The maximum absolute atomic E-state index is 12.1. The minimum atomic E-state index is -1.08. The summed E-state index contributed by atoms with van der Waals surface area (Å²) < 4.78 is 0. The summed E-state index contributed by atoms with van der Waals surface area (Å²) in [5, 5.41) is 9.21. The average molecular weight is 233 g/mol. The van der Waals surface area contributed by atoms with Gasteiger partial charge in [-0.25, -0.2) is 0 Å². The van der Waals surface area contributed by atoms with Crippen LogP contribution >= 0.6 is 0 Å². The van der Waals surface area contributed by atoms with Crippen LogP contribution in [0.3, 0.4) is 0 Å². The molecule has 0 aromatic heterocycles. The Morgan fingerprint density at radius 1 is 1.12 bits per heavy atom. The number of carbonyl (C=O) groups excluding carboxylic acids is 1. The summed E-state index contributed by atoms with van der Waals surface area (Å²) in [5.41, 5.74) is 0.553. The molecule has 1 aliphatic heterocycles. The molecule has 1 N–H and O–H groups in total. The highest BCUT2D eigenvalue weighted by Crippen LogP contribution is 2.21. The Bertz CT molecular complexity index is 410. The van der Waals surface area contributed by atoms with E-state index in [0.717, 1.165) is 12.8 Å². The molecule has 1 aromatic rings. The van der Waals surface area contributed by atoms with Crippen LogP contribution < -0.4 is 0 Å². The van der Waals surface area contributed by atoms with E-state index in [1.807, 2.05) is 6.07 Å². The summed E-state index contributed by atoms with van der Waals surface area (Å²) in [6.07, 6.45) is 1.93. The Kier molecular flexibility index (Phi) is 3.42. The summed E-state index contributed by atoms with van der Waals surface area (Å²) in [6, 6.07) is 8.69. The molecular formula is C13H15NO3. The van der Waals surface area contributed by atoms with Gasteiger partial charge in [0.2, 0.25) is 5.91 Å². The average Bonchev–Trinajstić information content (AvgIpc) is 2.83. The van der Waals surface area contributed by atoms with E-state index in [1.165, 1.54) is 0 Å². The van der Waals surface area contributed by atoms with Gasteiger partial charge < -0.3 is 10.0 Å². The van der Waals surface area contributed by atoms with Crippen LogP contribution in [0.15, 0.2) is 30.3 Å². The van der Waals surface area contributed by atoms with E-state index in [1.54, 1.807) is 29.2 Å². The molecule has 0 radical (unpaired) electrons. The van der Waals surface area contributed by atoms with Crippen LogP contribution in [0.5, 0.6) is 0 Å². The molecule has 4 nitrogen and oxygen atoms in total. The molecule has 1 atom stereocenters. The first-order valence-corrected chi connectivity index (χ1v) is 5.76. The number of benzene rings is 1. The van der Waals surface area contributed by atoms with Crippen molar-refractivity contribution in [2.45, 2.75) is 18.8 Å². The maximum Gasteiger partial charge on any atom is 0.320 e. The van der Waals surface area contributed by atoms with Crippen molar-refractivity contribution in [3.05, 3.63) is 35.9 Å². The first-order chi connectivity index (χ1) is 8.20. The van der Waals surface area contributed by atoms with Gasteiger partial charge in [0.1, 0.15) is 0 Å². The van der Waals surface area contributed by atoms with Crippen LogP contribution in [0.1, 0.15) is 24.3 Å². The summed E-state index contributed by atoms with van der Waals surface area (Å²) in [4.78, 5) is 25.0. The maximum atomic E-state index is 12.1. The molecule has 0 saturated carbocycles. The van der Waals surface area contributed by atoms with Gasteiger partial charge in [0.15, 0.2) is 5.92 Å². The van der Waals surface area contributed by atoms with Crippen LogP contribution in [0.25, 0.3) is 0 Å². The Balaban J connectivity index is 2.23. The summed E-state index contributed by atoms with van der Waals surface area (Å²) in [6.45, 7) is 1.35. The highest BCUT2D eigenvalue weighted by molar-refractivity contribution is 6.02. The van der Waals surface area contributed by atoms with Crippen LogP contribution in [-0.2, 0) is 9.59 Å². The molecule has 1 fully saturated rings. The topological polar surface area (TPSA) is 57.6 Å². The first kappa shape index (κ1) is 11.6. The third-order valence-corrected chi connectivity index (χ3v) is 3.04. The quantitative estimate of drug-likeness (QED) is 0.804. The number of likely N-dealkylation sites (tertiary alicyclic amines) is 1. The minimum absolute atomic E-state index is 0.291. The van der Waals surface area contributed by atoms with Gasteiger partial charge in [0, 0.05) is 13.1 Å². The van der Waals surface area contributed by atoms with Gasteiger partial charge >= 0.3 is 5.97 Å². The van der Waals surface area contributed by atoms with Crippen molar-refractivity contribution in [3.63, 3.8) is 0 Å². The SMILES string of the molecule is O=C(O)[C@@H](C(=O)N1CCCC1)c1ccccc1. The second-order valence-electron chi connectivity index (χ2n) is 4.21. The predicted molar refractivity (Wildman–Crippen MR) is 62.6 cm³/mol. The van der Waals surface area contributed by atoms with Crippen molar-refractivity contribution >= 4 is 11.9 Å². The van der Waals surface area contributed by atoms with E-state index in [2.05, 4.69) is 0 Å². The molecule has 2 rings (SSSR count). The standard InChI is InChI=1S/C13H15NO3/c15-12(14-8-4-5-9-14)11(13(16)17)10-6-2-1-3-7-10/h1-3,6-7,11H,4-5,8-9H2,(H,16,17)/t11-/m1/s1. The Morgan fingerprint density at radius 3 is 2.24 bits per heavy atom. The lowest BCUT2D eigenvalue weighted by molar-refractivity contribution is -0.146. The zero-order chi connectivity index (χ0) is 12.3. The zero-order valence-corrected chi connectivity index (χ0v) is 9.50. The van der Waals surface area contributed by atoms with Crippen LogP contribution in [0.2, 0.25) is 0 Å². The third-order valence-electron chi connectivity index (χ3n) is 3.04. The van der Waals surface area contributed by atoms with E-state index in [4.69, 9.17) is 0 Å². The van der Waals surface area contributed by atoms with Crippen molar-refractivity contribution in [2.24, 2.45) is 0 Å². The van der Waals surface area contributed by atoms with Gasteiger partial charge in [-0.05, 0) is 18.4 Å². The largest absolute Gasteiger partial charge is 0.480 e. The van der Waals surface area contributed by atoms with Gasteiger partial charge in [-0.2, -0.15) is 0 Å². The van der Waals surface area contributed by atoms with E-state index in [9.17, 15) is 14.7 Å². The van der Waals surface area contributed by atoms with Crippen LogP contribution in [0, 0.1) is 0 Å². The highest BCUT2D eigenvalue weighted by atomic mass is 16.4. The molecule has 0 aliphatic carbocycles. The molecule has 1 heterocycles. The number of nitrogens with zero attached hydrogens (tertiary/aromatic N) is 1. The summed E-state index contributed by atoms with van der Waals surface area (Å²) in [7, 11) is 0. The molecule has 90 valence electrons. The number of hydrogen-bond donors (Lipinski definition) is 1. The Morgan fingerprint density at radius 2 is 1.71 bits per heavy atom. The normalized spacial score (nSPS) is 16.8. The molecule has 1 amide bonds. The molecule has 0 spiro atoms. The van der Waals surface area contributed by atoms with Gasteiger partial charge in [0.05, 0.1) is 0 Å². The fourth-order valence-electron chi connectivity index (χ4n) is 2.16. The molecule has 17 heavy (non-hydrogen) atoms. The van der Waals surface area contributed by atoms with Crippen molar-refractivity contribution in [1.82, 2.24) is 4.90 Å². The highest BCUT2D eigenvalue weighted by Gasteiger charge is 2.32. The van der Waals surface area contributed by atoms with Gasteiger partial charge in [-0.1, -0.05) is 30.3 Å². The number of carbonyl (C=O) groups is 2. The minimum Gasteiger partial charge on any atom is -0.480 e. The predicted octanol–water partition coefficient (Wildman–Crippen LogP) is 1.48. The number of carboxylic acid groups (broad SMARTS) is 1. The fourth-order valence-corrected chi connectivity index (χ4v) is 2.16. The second kappa shape index (κ2) is 4.99. The molecule has 1 saturated heterocycles. The third kappa shape index (κ3) is 2.46. The van der Waals surface area contributed by atoms with E-state index in [-0.39, 0.29) is 5.91 Å². The lowest BCUT2D eigenvalue weighted by Crippen LogP contribution is -2.36. The number of hydrogen-bond acceptors (Lipinski definition) is 2. The lowest BCUT2D eigenvalue weighted by Gasteiger charge is -2.20. The molecule has 4 heteroatoms. The number of aliphatic carboxylic acids is 1. The zero-order valence-electron chi connectivity index (χ0n) is 9.50. The van der Waals surface area contributed by atoms with Crippen molar-refractivity contribution in [1.29, 1.82) is 0 Å². The van der Waals surface area contributed by atoms with Gasteiger partial charge in [-0.3, -0.25) is 9.59 Å². The first-order valence-electron chi connectivity index (χ1n) is 5.76. The Labute approximate surface area is 99.9 Å². The lowest BCUT2D eigenvalue weighted by atomic mass is 9.98. The van der Waals surface area contributed by atoms with E-state index >= 15 is 0 Å². The van der Waals surface area contributed by atoms with E-state index < -0.39 is 11.9 Å². The van der Waals surface area contributed by atoms with Crippen LogP contribution in [0.4, 0.5) is 0 Å². The van der Waals surface area contributed by atoms with Crippen molar-refractivity contribution in [2.75, 3.05) is 13.1 Å². The van der Waals surface area contributed by atoms with Crippen molar-refractivity contribution < 1.29 is 14.7 Å². The number of carboxylic acids is 1.